The fourth-order valence-corrected chi connectivity index (χ4v) is 4.26. The molecule has 2 aliphatic rings. The van der Waals surface area contributed by atoms with Gasteiger partial charge in [0, 0.05) is 18.2 Å². The molecule has 3 nitrogen and oxygen atoms in total. The first kappa shape index (κ1) is 13.2. The molecule has 1 aliphatic heterocycles. The van der Waals surface area contributed by atoms with Crippen molar-refractivity contribution in [2.75, 3.05) is 18.1 Å². The number of thioether (sulfide) groups is 1. The Morgan fingerprint density at radius 2 is 2.29 bits per heavy atom. The summed E-state index contributed by atoms with van der Waals surface area (Å²) in [7, 11) is 0. The third-order valence-corrected chi connectivity index (χ3v) is 5.65. The van der Waals surface area contributed by atoms with Crippen LogP contribution in [0.3, 0.4) is 0 Å². The van der Waals surface area contributed by atoms with Crippen LogP contribution in [0.4, 0.5) is 0 Å². The molecule has 0 spiro atoms. The molecule has 1 amide bonds. The molecule has 17 heavy (non-hydrogen) atoms. The highest BCUT2D eigenvalue weighted by atomic mass is 32.2. The van der Waals surface area contributed by atoms with E-state index in [-0.39, 0.29) is 17.4 Å². The molecule has 98 valence electrons. The van der Waals surface area contributed by atoms with Crippen molar-refractivity contribution >= 4 is 17.7 Å². The van der Waals surface area contributed by atoms with E-state index < -0.39 is 0 Å². The van der Waals surface area contributed by atoms with Gasteiger partial charge >= 0.3 is 0 Å². The zero-order valence-electron chi connectivity index (χ0n) is 10.7. The van der Waals surface area contributed by atoms with Gasteiger partial charge in [-0.2, -0.15) is 11.8 Å². The summed E-state index contributed by atoms with van der Waals surface area (Å²) in [5, 5.41) is 3.30. The summed E-state index contributed by atoms with van der Waals surface area (Å²) in [6, 6.07) is 0. The third-order valence-electron chi connectivity index (χ3n) is 4.49. The summed E-state index contributed by atoms with van der Waals surface area (Å²) in [5.74, 6) is 3.09. The maximum absolute atomic E-state index is 12.2. The second-order valence-corrected chi connectivity index (χ2v) is 6.71. The summed E-state index contributed by atoms with van der Waals surface area (Å²) >= 11 is 1.89. The zero-order chi connectivity index (χ0) is 12.3. The molecule has 2 fully saturated rings. The van der Waals surface area contributed by atoms with Crippen LogP contribution in [0.25, 0.3) is 0 Å². The van der Waals surface area contributed by atoms with Crippen LogP contribution in [0.5, 0.6) is 0 Å². The predicted molar refractivity (Wildman–Crippen MR) is 73.0 cm³/mol. The lowest BCUT2D eigenvalue weighted by molar-refractivity contribution is -0.127. The lowest BCUT2D eigenvalue weighted by Crippen LogP contribution is -2.60. The summed E-state index contributed by atoms with van der Waals surface area (Å²) in [5.41, 5.74) is 5.83. The van der Waals surface area contributed by atoms with Crippen LogP contribution in [-0.4, -0.2) is 29.5 Å². The topological polar surface area (TPSA) is 55.1 Å². The van der Waals surface area contributed by atoms with Crippen molar-refractivity contribution in [3.8, 4) is 0 Å². The molecule has 0 aromatic rings. The fourth-order valence-electron chi connectivity index (χ4n) is 3.04. The smallest absolute Gasteiger partial charge is 0.224 e. The first-order valence-corrected chi connectivity index (χ1v) is 7.93. The molecule has 1 saturated heterocycles. The molecule has 2 rings (SSSR count). The van der Waals surface area contributed by atoms with Crippen LogP contribution < -0.4 is 11.1 Å². The Bertz CT molecular complexity index is 279. The van der Waals surface area contributed by atoms with Crippen molar-refractivity contribution in [3.05, 3.63) is 0 Å². The van der Waals surface area contributed by atoms with Gasteiger partial charge in [-0.1, -0.05) is 19.8 Å². The van der Waals surface area contributed by atoms with Gasteiger partial charge in [-0.25, -0.2) is 0 Å². The highest BCUT2D eigenvalue weighted by Crippen LogP contribution is 2.34. The Labute approximate surface area is 108 Å². The van der Waals surface area contributed by atoms with Crippen molar-refractivity contribution in [1.29, 1.82) is 0 Å². The average Bonchev–Trinajstić information content (AvgIpc) is 2.86. The molecule has 0 bridgehead atoms. The number of hydrogen-bond donors (Lipinski definition) is 2. The van der Waals surface area contributed by atoms with Crippen molar-refractivity contribution in [1.82, 2.24) is 5.32 Å². The van der Waals surface area contributed by atoms with E-state index in [1.807, 2.05) is 11.8 Å². The lowest BCUT2D eigenvalue weighted by Gasteiger charge is -2.43. The third kappa shape index (κ3) is 2.79. The maximum atomic E-state index is 12.2. The predicted octanol–water partition coefficient (Wildman–Crippen LogP) is 1.76. The van der Waals surface area contributed by atoms with E-state index in [1.165, 1.54) is 19.3 Å². The average molecular weight is 256 g/mol. The van der Waals surface area contributed by atoms with Gasteiger partial charge in [-0.15, -0.1) is 0 Å². The zero-order valence-corrected chi connectivity index (χ0v) is 11.5. The number of carbonyl (C=O) groups is 1. The largest absolute Gasteiger partial charge is 0.349 e. The molecular formula is C13H24N2OS. The van der Waals surface area contributed by atoms with Crippen molar-refractivity contribution in [3.63, 3.8) is 0 Å². The number of amides is 1. The highest BCUT2D eigenvalue weighted by molar-refractivity contribution is 7.99. The van der Waals surface area contributed by atoms with Gasteiger partial charge in [0.15, 0.2) is 0 Å². The Balaban J connectivity index is 1.99. The maximum Gasteiger partial charge on any atom is 0.224 e. The van der Waals surface area contributed by atoms with E-state index in [0.29, 0.717) is 12.5 Å². The Morgan fingerprint density at radius 1 is 1.47 bits per heavy atom. The first-order valence-electron chi connectivity index (χ1n) is 6.78. The SMILES string of the molecule is CC1CCCCC1(CN)NC(=O)C1CCSC1. The monoisotopic (exact) mass is 256 g/mol. The van der Waals surface area contributed by atoms with E-state index in [2.05, 4.69) is 12.2 Å². The minimum absolute atomic E-state index is 0.122. The van der Waals surface area contributed by atoms with Crippen LogP contribution in [-0.2, 0) is 4.79 Å². The van der Waals surface area contributed by atoms with E-state index in [0.717, 1.165) is 24.3 Å². The molecule has 0 radical (unpaired) electrons. The molecule has 0 aromatic carbocycles. The minimum Gasteiger partial charge on any atom is -0.349 e. The molecule has 4 heteroatoms. The van der Waals surface area contributed by atoms with E-state index in [4.69, 9.17) is 5.73 Å². The summed E-state index contributed by atoms with van der Waals surface area (Å²) in [6.07, 6.45) is 5.75. The highest BCUT2D eigenvalue weighted by Gasteiger charge is 2.39. The van der Waals surface area contributed by atoms with E-state index >= 15 is 0 Å². The van der Waals surface area contributed by atoms with Crippen LogP contribution in [0, 0.1) is 11.8 Å². The molecule has 0 aromatic heterocycles. The van der Waals surface area contributed by atoms with Gasteiger partial charge < -0.3 is 11.1 Å². The van der Waals surface area contributed by atoms with Crippen LogP contribution in [0.1, 0.15) is 39.0 Å². The molecule has 3 unspecified atom stereocenters. The molecular weight excluding hydrogens is 232 g/mol. The summed E-state index contributed by atoms with van der Waals surface area (Å²) < 4.78 is 0. The van der Waals surface area contributed by atoms with Gasteiger partial charge in [0.1, 0.15) is 0 Å². The summed E-state index contributed by atoms with van der Waals surface area (Å²) in [4.78, 5) is 12.2. The number of carbonyl (C=O) groups excluding carboxylic acids is 1. The van der Waals surface area contributed by atoms with Gasteiger partial charge in [0.2, 0.25) is 5.91 Å². The molecule has 1 aliphatic carbocycles. The normalized spacial score (nSPS) is 38.0. The molecule has 1 saturated carbocycles. The standard InChI is InChI=1S/C13H24N2OS/c1-10-4-2-3-6-13(10,9-14)15-12(16)11-5-7-17-8-11/h10-11H,2-9,14H2,1H3,(H,15,16). The van der Waals surface area contributed by atoms with Crippen molar-refractivity contribution in [2.24, 2.45) is 17.6 Å². The van der Waals surface area contributed by atoms with Gasteiger partial charge in [0.25, 0.3) is 0 Å². The fraction of sp³-hybridized carbons (Fsp3) is 0.923. The second-order valence-electron chi connectivity index (χ2n) is 5.56. The second kappa shape index (κ2) is 5.61. The number of rotatable bonds is 3. The molecule has 1 heterocycles. The number of hydrogen-bond acceptors (Lipinski definition) is 3. The number of nitrogens with two attached hydrogens (primary N) is 1. The minimum atomic E-state index is -0.122. The van der Waals surface area contributed by atoms with Crippen molar-refractivity contribution in [2.45, 2.75) is 44.6 Å². The Hall–Kier alpha value is -0.220. The van der Waals surface area contributed by atoms with Crippen molar-refractivity contribution < 1.29 is 4.79 Å². The van der Waals surface area contributed by atoms with E-state index in [9.17, 15) is 4.79 Å². The molecule has 3 N–H and O–H groups in total. The number of nitrogens with one attached hydrogen (secondary N) is 1. The van der Waals surface area contributed by atoms with Crippen LogP contribution in [0.15, 0.2) is 0 Å². The first-order chi connectivity index (χ1) is 8.18. The van der Waals surface area contributed by atoms with E-state index in [1.54, 1.807) is 0 Å². The van der Waals surface area contributed by atoms with Gasteiger partial charge in [-0.3, -0.25) is 4.79 Å². The molecule has 3 atom stereocenters. The lowest BCUT2D eigenvalue weighted by atomic mass is 9.73. The Kier molecular flexibility index (Phi) is 4.36. The van der Waals surface area contributed by atoms with Crippen LogP contribution >= 0.6 is 11.8 Å². The van der Waals surface area contributed by atoms with Crippen LogP contribution in [0.2, 0.25) is 0 Å². The van der Waals surface area contributed by atoms with Gasteiger partial charge in [-0.05, 0) is 30.9 Å². The van der Waals surface area contributed by atoms with Gasteiger partial charge in [0.05, 0.1) is 5.54 Å². The quantitative estimate of drug-likeness (QED) is 0.809. The summed E-state index contributed by atoms with van der Waals surface area (Å²) in [6.45, 7) is 2.81. The Morgan fingerprint density at radius 3 is 2.88 bits per heavy atom.